The van der Waals surface area contributed by atoms with E-state index in [9.17, 15) is 14.6 Å². The Morgan fingerprint density at radius 1 is 1.12 bits per heavy atom. The largest absolute Gasteiger partial charge is 0.480 e. The average molecular weight is 339 g/mol. The van der Waals surface area contributed by atoms with Gasteiger partial charge in [0.15, 0.2) is 0 Å². The van der Waals surface area contributed by atoms with Crippen LogP contribution < -0.4 is 16.6 Å². The maximum absolute atomic E-state index is 10.6. The van der Waals surface area contributed by atoms with E-state index in [4.69, 9.17) is 10.8 Å². The molecule has 9 nitrogen and oxygen atoms in total. The second-order valence-electron chi connectivity index (χ2n) is 5.07. The highest BCUT2D eigenvalue weighted by atomic mass is 16.4. The molecule has 0 amide bonds. The highest BCUT2D eigenvalue weighted by molar-refractivity contribution is 5.73. The van der Waals surface area contributed by atoms with Gasteiger partial charge in [0.05, 0.1) is 13.1 Å². The summed E-state index contributed by atoms with van der Waals surface area (Å²) in [6.45, 7) is 2.80. The first-order valence-corrected chi connectivity index (χ1v) is 7.71. The monoisotopic (exact) mass is 339 g/mol. The van der Waals surface area contributed by atoms with Crippen molar-refractivity contribution >= 4 is 5.97 Å². The van der Waals surface area contributed by atoms with Crippen LogP contribution in [0.25, 0.3) is 0 Å². The van der Waals surface area contributed by atoms with Gasteiger partial charge >= 0.3 is 5.97 Å². The molecule has 0 saturated heterocycles. The Morgan fingerprint density at radius 2 is 1.62 bits per heavy atom. The van der Waals surface area contributed by atoms with Crippen LogP contribution >= 0.6 is 0 Å². The van der Waals surface area contributed by atoms with Crippen molar-refractivity contribution in [2.75, 3.05) is 13.1 Å². The van der Waals surface area contributed by atoms with Crippen LogP contribution in [0.15, 0.2) is 34.8 Å². The predicted octanol–water partition coefficient (Wildman–Crippen LogP) is 1.51. The third-order valence-corrected chi connectivity index (χ3v) is 3.09. The lowest BCUT2D eigenvalue weighted by Crippen LogP contribution is -2.32. The Morgan fingerprint density at radius 3 is 2.04 bits per heavy atom. The van der Waals surface area contributed by atoms with Crippen molar-refractivity contribution in [1.29, 1.82) is 0 Å². The number of aryl methyl sites for hydroxylation is 1. The molecule has 1 atom stereocenters. The smallest absolute Gasteiger partial charge is 0.320 e. The van der Waals surface area contributed by atoms with Crippen LogP contribution in [-0.4, -0.2) is 30.2 Å². The summed E-state index contributed by atoms with van der Waals surface area (Å²) >= 11 is 0. The molecule has 1 aromatic carbocycles. The van der Waals surface area contributed by atoms with Crippen LogP contribution in [0, 0.1) is 9.81 Å². The zero-order valence-electron chi connectivity index (χ0n) is 13.8. The fraction of sp³-hybridized carbons (Fsp3) is 0.533. The molecule has 0 fully saturated rings. The van der Waals surface area contributed by atoms with Gasteiger partial charge in [0, 0.05) is 10.6 Å². The zero-order valence-corrected chi connectivity index (χ0v) is 13.8. The van der Waals surface area contributed by atoms with Crippen molar-refractivity contribution in [1.82, 2.24) is 10.9 Å². The third-order valence-electron chi connectivity index (χ3n) is 3.09. The molecular weight excluding hydrogens is 314 g/mol. The van der Waals surface area contributed by atoms with Crippen molar-refractivity contribution in [2.24, 2.45) is 16.3 Å². The summed E-state index contributed by atoms with van der Waals surface area (Å²) in [5, 5.41) is 13.3. The Balaban J connectivity index is 0.000000561. The number of carboxylic acids is 1. The number of benzene rings is 1. The van der Waals surface area contributed by atoms with E-state index in [1.807, 2.05) is 12.1 Å². The number of unbranched alkanes of at least 4 members (excludes halogenated alkanes) is 1. The molecule has 0 spiro atoms. The van der Waals surface area contributed by atoms with Crippen LogP contribution in [0.3, 0.4) is 0 Å². The molecular formula is C15H25N5O4. The molecule has 134 valence electrons. The van der Waals surface area contributed by atoms with E-state index in [1.165, 1.54) is 18.4 Å². The molecule has 0 bridgehead atoms. The first-order chi connectivity index (χ1) is 11.5. The van der Waals surface area contributed by atoms with Gasteiger partial charge < -0.3 is 10.8 Å². The van der Waals surface area contributed by atoms with Crippen molar-refractivity contribution in [3.8, 4) is 0 Å². The lowest BCUT2D eigenvalue weighted by molar-refractivity contribution is -0.138. The van der Waals surface area contributed by atoms with Gasteiger partial charge in [-0.25, -0.2) is 0 Å². The summed E-state index contributed by atoms with van der Waals surface area (Å²) in [5.74, 6) is -0.949. The number of hydrogen-bond donors (Lipinski definition) is 4. The number of rotatable bonds is 11. The normalized spacial score (nSPS) is 10.8. The fourth-order valence-electron chi connectivity index (χ4n) is 1.77. The minimum atomic E-state index is -0.949. The number of nitrogens with zero attached hydrogens (tertiary/aromatic N) is 2. The standard InChI is InChI=1S/C13H19NO2.C2H6N4O2/c1-2-3-4-10-5-7-11(8-6-10)9-12(14)13(15)16;7-5-3-1-2-4-6-8/h5-8,12H,2-4,9,14H2,1H3,(H,15,16);1-2H2,(H,3,7)(H,4,8)/t12-;/m0./s1. The molecule has 0 aliphatic carbocycles. The third kappa shape index (κ3) is 11.1. The molecule has 24 heavy (non-hydrogen) atoms. The van der Waals surface area contributed by atoms with E-state index in [1.54, 1.807) is 0 Å². The topological polar surface area (TPSA) is 146 Å². The van der Waals surface area contributed by atoms with Crippen LogP contribution in [-0.2, 0) is 17.6 Å². The number of aliphatic carboxylic acids is 1. The molecule has 0 unspecified atom stereocenters. The number of carboxylic acid groups (broad SMARTS) is 1. The van der Waals surface area contributed by atoms with Crippen molar-refractivity contribution in [2.45, 2.75) is 38.6 Å². The first-order valence-electron chi connectivity index (χ1n) is 7.71. The molecule has 0 aliphatic heterocycles. The number of nitrogens with one attached hydrogen (secondary N) is 2. The molecule has 0 aromatic heterocycles. The minimum Gasteiger partial charge on any atom is -0.480 e. The number of nitroso groups, excluding NO2 is 2. The Labute approximate surface area is 140 Å². The van der Waals surface area contributed by atoms with Crippen LogP contribution in [0.2, 0.25) is 0 Å². The van der Waals surface area contributed by atoms with Crippen LogP contribution in [0.5, 0.6) is 0 Å². The van der Waals surface area contributed by atoms with Gasteiger partial charge in [-0.15, -0.1) is 9.81 Å². The number of hydrogen-bond acceptors (Lipinski definition) is 6. The number of nitrogens with two attached hydrogens (primary N) is 1. The number of carbonyl (C=O) groups is 1. The maximum atomic E-state index is 10.6. The van der Waals surface area contributed by atoms with E-state index in [0.29, 0.717) is 19.5 Å². The molecule has 0 aliphatic rings. The highest BCUT2D eigenvalue weighted by Gasteiger charge is 2.11. The van der Waals surface area contributed by atoms with Gasteiger partial charge in [0.1, 0.15) is 6.04 Å². The molecule has 1 aromatic rings. The molecule has 1 rings (SSSR count). The zero-order chi connectivity index (χ0) is 18.2. The first kappa shape index (κ1) is 21.4. The van der Waals surface area contributed by atoms with Crippen molar-refractivity contribution in [3.05, 3.63) is 45.2 Å². The van der Waals surface area contributed by atoms with E-state index < -0.39 is 12.0 Å². The quantitative estimate of drug-likeness (QED) is 0.271. The van der Waals surface area contributed by atoms with Crippen molar-refractivity contribution in [3.63, 3.8) is 0 Å². The van der Waals surface area contributed by atoms with Gasteiger partial charge in [0.2, 0.25) is 0 Å². The Hall–Kier alpha value is -2.55. The van der Waals surface area contributed by atoms with E-state index in [2.05, 4.69) is 40.5 Å². The van der Waals surface area contributed by atoms with Gasteiger partial charge in [-0.05, 0) is 30.4 Å². The second kappa shape index (κ2) is 14.1. The molecule has 0 radical (unpaired) electrons. The summed E-state index contributed by atoms with van der Waals surface area (Å²) in [5.41, 5.74) is 11.9. The summed E-state index contributed by atoms with van der Waals surface area (Å²) in [6, 6.07) is 7.24. The summed E-state index contributed by atoms with van der Waals surface area (Å²) in [6.07, 6.45) is 3.85. The summed E-state index contributed by atoms with van der Waals surface area (Å²) in [4.78, 5) is 29.1. The summed E-state index contributed by atoms with van der Waals surface area (Å²) in [7, 11) is 0. The minimum absolute atomic E-state index is 0.315. The van der Waals surface area contributed by atoms with Gasteiger partial charge in [0.25, 0.3) is 0 Å². The summed E-state index contributed by atoms with van der Waals surface area (Å²) < 4.78 is 0. The lowest BCUT2D eigenvalue weighted by Gasteiger charge is -2.07. The van der Waals surface area contributed by atoms with Gasteiger partial charge in [-0.1, -0.05) is 37.6 Å². The maximum Gasteiger partial charge on any atom is 0.320 e. The average Bonchev–Trinajstić information content (AvgIpc) is 2.58. The van der Waals surface area contributed by atoms with E-state index in [-0.39, 0.29) is 0 Å². The molecule has 0 saturated carbocycles. The predicted molar refractivity (Wildman–Crippen MR) is 92.0 cm³/mol. The lowest BCUT2D eigenvalue weighted by atomic mass is 10.0. The molecule has 0 heterocycles. The van der Waals surface area contributed by atoms with Crippen LogP contribution in [0.1, 0.15) is 30.9 Å². The van der Waals surface area contributed by atoms with E-state index >= 15 is 0 Å². The van der Waals surface area contributed by atoms with E-state index in [0.717, 1.165) is 12.0 Å². The SMILES string of the molecule is CCCCc1ccc(C[C@H](N)C(=O)O)cc1.O=NNCCNN=O. The Kier molecular flexibility index (Phi) is 12.6. The fourth-order valence-corrected chi connectivity index (χ4v) is 1.77. The van der Waals surface area contributed by atoms with Gasteiger partial charge in [-0.3, -0.25) is 15.6 Å². The molecule has 5 N–H and O–H groups in total. The molecule has 9 heteroatoms. The second-order valence-corrected chi connectivity index (χ2v) is 5.07. The van der Waals surface area contributed by atoms with Crippen LogP contribution in [0.4, 0.5) is 0 Å². The Bertz CT molecular complexity index is 471. The van der Waals surface area contributed by atoms with Gasteiger partial charge in [-0.2, -0.15) is 0 Å². The highest BCUT2D eigenvalue weighted by Crippen LogP contribution is 2.09. The van der Waals surface area contributed by atoms with Crippen molar-refractivity contribution < 1.29 is 9.90 Å².